The van der Waals surface area contributed by atoms with Gasteiger partial charge in [0.2, 0.25) is 0 Å². The zero-order valence-corrected chi connectivity index (χ0v) is 28.2. The van der Waals surface area contributed by atoms with Crippen molar-refractivity contribution in [2.24, 2.45) is 0 Å². The van der Waals surface area contributed by atoms with Crippen LogP contribution in [0.3, 0.4) is 0 Å². The Bertz CT molecular complexity index is 1960. The summed E-state index contributed by atoms with van der Waals surface area (Å²) < 4.78 is 61.0. The van der Waals surface area contributed by atoms with E-state index >= 15 is 0 Å². The first kappa shape index (κ1) is 31.4. The molecule has 0 aromatic heterocycles. The number of hydrogen-bond donors (Lipinski definition) is 1. The largest absolute Gasteiger partial charge is 0.497 e. The van der Waals surface area contributed by atoms with Gasteiger partial charge in [-0.25, -0.2) is 0 Å². The Morgan fingerprint density at radius 2 is 1.18 bits per heavy atom. The first-order valence-corrected chi connectivity index (χ1v) is 16.0. The molecule has 11 heteroatoms. The van der Waals surface area contributed by atoms with Gasteiger partial charge in [0.1, 0.15) is 41.8 Å². The summed E-state index contributed by atoms with van der Waals surface area (Å²) in [5.41, 5.74) is 1.09. The first-order chi connectivity index (χ1) is 23.7. The highest BCUT2D eigenvalue weighted by molar-refractivity contribution is 5.77. The van der Waals surface area contributed by atoms with E-state index < -0.39 is 23.1 Å². The summed E-state index contributed by atoms with van der Waals surface area (Å²) in [5, 5.41) is 12.8. The quantitative estimate of drug-likeness (QED) is 0.284. The molecule has 3 aliphatic heterocycles. The van der Waals surface area contributed by atoms with Crippen LogP contribution in [-0.2, 0) is 27.9 Å². The van der Waals surface area contributed by atoms with Gasteiger partial charge in [-0.3, -0.25) is 0 Å². The molecule has 1 fully saturated rings. The minimum atomic E-state index is -1.69. The molecule has 11 nitrogen and oxygen atoms in total. The maximum Gasteiger partial charge on any atom is 0.192 e. The normalized spacial score (nSPS) is 25.7. The molecular weight excluding hydrogens is 632 g/mol. The van der Waals surface area contributed by atoms with Crippen molar-refractivity contribution in [2.75, 3.05) is 55.9 Å². The molecule has 0 radical (unpaired) electrons. The second-order valence-corrected chi connectivity index (χ2v) is 12.7. The van der Waals surface area contributed by atoms with Gasteiger partial charge < -0.3 is 52.5 Å². The van der Waals surface area contributed by atoms with Crippen LogP contribution in [0, 0.1) is 0 Å². The van der Waals surface area contributed by atoms with Crippen LogP contribution in [0.2, 0.25) is 0 Å². The second kappa shape index (κ2) is 11.4. The van der Waals surface area contributed by atoms with Gasteiger partial charge >= 0.3 is 0 Å². The maximum atomic E-state index is 12.8. The van der Waals surface area contributed by atoms with Crippen molar-refractivity contribution in [3.8, 4) is 57.1 Å². The smallest absolute Gasteiger partial charge is 0.192 e. The molecule has 8 rings (SSSR count). The molecule has 0 amide bonds. The van der Waals surface area contributed by atoms with Gasteiger partial charge in [0.05, 0.1) is 42.7 Å². The molecule has 0 spiro atoms. The van der Waals surface area contributed by atoms with Crippen molar-refractivity contribution in [2.45, 2.75) is 35.9 Å². The SMILES string of the molecule is COc1ccc2c(c1)OC[C@@](O)([C@@H]1O[C@@]34COc5cc(OC)ccc5[C@@]3(O1)c1cc(OC)c(OC)cc1C4)Cc1cc(OC)c(OC)cc1-2. The molecule has 4 aromatic rings. The van der Waals surface area contributed by atoms with Gasteiger partial charge in [-0.2, -0.15) is 0 Å². The molecule has 1 saturated heterocycles. The zero-order valence-electron chi connectivity index (χ0n) is 28.2. The molecule has 4 aromatic carbocycles. The van der Waals surface area contributed by atoms with Crippen LogP contribution >= 0.6 is 0 Å². The van der Waals surface area contributed by atoms with Crippen molar-refractivity contribution in [3.63, 3.8) is 0 Å². The van der Waals surface area contributed by atoms with E-state index in [4.69, 9.17) is 47.4 Å². The van der Waals surface area contributed by atoms with Crippen molar-refractivity contribution in [1.29, 1.82) is 0 Å². The Balaban J connectivity index is 1.29. The molecule has 0 unspecified atom stereocenters. The van der Waals surface area contributed by atoms with Crippen molar-refractivity contribution in [3.05, 3.63) is 82.9 Å². The Hall–Kier alpha value is -4.84. The molecule has 4 aliphatic rings. The van der Waals surface area contributed by atoms with E-state index in [1.807, 2.05) is 54.6 Å². The minimum Gasteiger partial charge on any atom is -0.497 e. The lowest BCUT2D eigenvalue weighted by molar-refractivity contribution is -0.218. The predicted octanol–water partition coefficient (Wildman–Crippen LogP) is 5.08. The van der Waals surface area contributed by atoms with Crippen LogP contribution in [-0.4, -0.2) is 78.5 Å². The van der Waals surface area contributed by atoms with Gasteiger partial charge in [-0.15, -0.1) is 0 Å². The van der Waals surface area contributed by atoms with Gasteiger partial charge in [0.15, 0.2) is 40.5 Å². The Kier molecular flexibility index (Phi) is 7.29. The number of fused-ring (bicyclic) bond motifs is 5. The summed E-state index contributed by atoms with van der Waals surface area (Å²) in [6.45, 7) is 0.00839. The fourth-order valence-electron chi connectivity index (χ4n) is 7.88. The third-order valence-corrected chi connectivity index (χ3v) is 10.3. The summed E-state index contributed by atoms with van der Waals surface area (Å²) in [5.74, 6) is 4.61. The summed E-state index contributed by atoms with van der Waals surface area (Å²) in [6.07, 6.45) is -0.609. The Morgan fingerprint density at radius 3 is 1.88 bits per heavy atom. The number of aliphatic hydroxyl groups is 1. The van der Waals surface area contributed by atoms with Gasteiger partial charge in [-0.05, 0) is 70.8 Å². The summed E-state index contributed by atoms with van der Waals surface area (Å²) in [7, 11) is 9.59. The van der Waals surface area contributed by atoms with Crippen molar-refractivity contribution >= 4 is 0 Å². The van der Waals surface area contributed by atoms with E-state index in [1.54, 1.807) is 48.7 Å². The fraction of sp³-hybridized carbons (Fsp3) is 0.368. The van der Waals surface area contributed by atoms with Crippen molar-refractivity contribution < 1.29 is 52.5 Å². The van der Waals surface area contributed by atoms with E-state index in [0.717, 1.165) is 33.4 Å². The fourth-order valence-corrected chi connectivity index (χ4v) is 7.88. The van der Waals surface area contributed by atoms with Crippen LogP contribution < -0.4 is 37.9 Å². The van der Waals surface area contributed by atoms with Gasteiger partial charge in [-0.1, -0.05) is 0 Å². The van der Waals surface area contributed by atoms with E-state index in [0.29, 0.717) is 52.4 Å². The number of ether oxygens (including phenoxy) is 10. The van der Waals surface area contributed by atoms with Crippen LogP contribution in [0.1, 0.15) is 22.3 Å². The standard InChI is InChI=1S/C38H38O11/c1-40-23-7-9-25-26-15-33(44-5)31(42-3)11-21(26)17-36(39,19-46-29(25)13-23)35-48-37-18-22-12-32(43-4)34(45-6)16-28(22)38(37,49-35)27-10-8-24(41-2)14-30(27)47-20-37/h7-16,35,39H,17-20H2,1-6H3/t35-,36-,37+,38-/m1/s1. The first-order valence-electron chi connectivity index (χ1n) is 16.0. The molecular formula is C38H38O11. The van der Waals surface area contributed by atoms with E-state index in [-0.39, 0.29) is 19.6 Å². The maximum absolute atomic E-state index is 12.8. The molecule has 0 saturated carbocycles. The van der Waals surface area contributed by atoms with Crippen LogP contribution in [0.5, 0.6) is 46.0 Å². The average Bonchev–Trinajstić information content (AvgIpc) is 3.62. The summed E-state index contributed by atoms with van der Waals surface area (Å²) in [4.78, 5) is 0. The van der Waals surface area contributed by atoms with Crippen molar-refractivity contribution in [1.82, 2.24) is 0 Å². The van der Waals surface area contributed by atoms with Crippen LogP contribution in [0.25, 0.3) is 11.1 Å². The highest BCUT2D eigenvalue weighted by Crippen LogP contribution is 2.64. The van der Waals surface area contributed by atoms with Crippen LogP contribution in [0.15, 0.2) is 60.7 Å². The lowest BCUT2D eigenvalue weighted by atomic mass is 9.76. The summed E-state index contributed by atoms with van der Waals surface area (Å²) in [6, 6.07) is 18.9. The lowest BCUT2D eigenvalue weighted by Gasteiger charge is -2.42. The van der Waals surface area contributed by atoms with Crippen LogP contribution in [0.4, 0.5) is 0 Å². The highest BCUT2D eigenvalue weighted by Gasteiger charge is 2.72. The van der Waals surface area contributed by atoms with Gasteiger partial charge in [0.25, 0.3) is 0 Å². The Morgan fingerprint density at radius 1 is 0.571 bits per heavy atom. The third-order valence-electron chi connectivity index (χ3n) is 10.3. The number of benzene rings is 4. The molecule has 1 N–H and O–H groups in total. The lowest BCUT2D eigenvalue weighted by Crippen LogP contribution is -2.54. The third kappa shape index (κ3) is 4.45. The number of methoxy groups -OCH3 is 6. The predicted molar refractivity (Wildman–Crippen MR) is 177 cm³/mol. The molecule has 256 valence electrons. The molecule has 49 heavy (non-hydrogen) atoms. The molecule has 4 atom stereocenters. The summed E-state index contributed by atoms with van der Waals surface area (Å²) >= 11 is 0. The average molecular weight is 671 g/mol. The van der Waals surface area contributed by atoms with E-state index in [1.165, 1.54) is 0 Å². The van der Waals surface area contributed by atoms with Gasteiger partial charge in [0, 0.05) is 36.1 Å². The topological polar surface area (TPSA) is 113 Å². The molecule has 1 aliphatic carbocycles. The zero-order chi connectivity index (χ0) is 34.1. The number of rotatable bonds is 7. The Labute approximate surface area is 284 Å². The molecule has 0 bridgehead atoms. The second-order valence-electron chi connectivity index (χ2n) is 12.7. The highest BCUT2D eigenvalue weighted by atomic mass is 16.8. The van der Waals surface area contributed by atoms with E-state index in [9.17, 15) is 5.11 Å². The molecule has 3 heterocycles. The monoisotopic (exact) mass is 670 g/mol. The number of hydrogen-bond acceptors (Lipinski definition) is 11. The van der Waals surface area contributed by atoms with E-state index in [2.05, 4.69) is 0 Å². The minimum absolute atomic E-state index is 0.111.